The van der Waals surface area contributed by atoms with Gasteiger partial charge in [-0.05, 0) is 47.0 Å². The molecular weight excluding hydrogens is 518 g/mol. The van der Waals surface area contributed by atoms with Crippen molar-refractivity contribution in [2.45, 2.75) is 12.0 Å². The first kappa shape index (κ1) is 25.5. The molecule has 0 fully saturated rings. The number of carbonyl (C=O) groups excluding carboxylic acids is 1. The summed E-state index contributed by atoms with van der Waals surface area (Å²) in [5.41, 5.74) is 8.04. The Morgan fingerprint density at radius 2 is 1.36 bits per heavy atom. The van der Waals surface area contributed by atoms with Crippen molar-refractivity contribution in [1.82, 2.24) is 24.8 Å². The van der Waals surface area contributed by atoms with Gasteiger partial charge in [0.25, 0.3) is 5.91 Å². The molecule has 0 radical (unpaired) electrons. The number of aromatic amines is 1. The third kappa shape index (κ3) is 4.53. The van der Waals surface area contributed by atoms with Gasteiger partial charge >= 0.3 is 0 Å². The third-order valence-electron chi connectivity index (χ3n) is 7.89. The second-order valence-corrected chi connectivity index (χ2v) is 10.4. The second-order valence-electron chi connectivity index (χ2n) is 10.4. The van der Waals surface area contributed by atoms with Crippen LogP contribution in [-0.2, 0) is 12.0 Å². The quantitative estimate of drug-likeness (QED) is 0.222. The summed E-state index contributed by atoms with van der Waals surface area (Å²) in [5, 5.41) is 2.91. The Kier molecular flexibility index (Phi) is 6.56. The Labute approximate surface area is 244 Å². The maximum absolute atomic E-state index is 12.2. The Morgan fingerprint density at radius 3 is 1.98 bits per heavy atom. The minimum Gasteiger partial charge on any atom is -0.358 e. The fourth-order valence-electron chi connectivity index (χ4n) is 5.92. The van der Waals surface area contributed by atoms with Crippen molar-refractivity contribution in [3.05, 3.63) is 167 Å². The average Bonchev–Trinajstić information content (AvgIpc) is 3.71. The van der Waals surface area contributed by atoms with Crippen LogP contribution in [-0.4, -0.2) is 32.0 Å². The largest absolute Gasteiger partial charge is 0.358 e. The van der Waals surface area contributed by atoms with Crippen LogP contribution < -0.4 is 5.32 Å². The molecule has 42 heavy (non-hydrogen) atoms. The van der Waals surface area contributed by atoms with E-state index in [0.717, 1.165) is 57.0 Å². The summed E-state index contributed by atoms with van der Waals surface area (Å²) in [6, 6.07) is 37.6. The number of fused-ring (bicyclic) bond motifs is 1. The van der Waals surface area contributed by atoms with Crippen LogP contribution in [0.15, 0.2) is 128 Å². The van der Waals surface area contributed by atoms with Crippen LogP contribution in [0, 0.1) is 0 Å². The molecule has 0 saturated carbocycles. The Morgan fingerprint density at radius 1 is 0.738 bits per heavy atom. The SMILES string of the molecule is O=C1NCCc2[nH]c(-c3ccnc(/C=C\c4cn(C(c5ccccc5)(c5ccccc5)c5ccccc5)cn4)c3)cc21. The molecule has 4 heterocycles. The van der Waals surface area contributed by atoms with Gasteiger partial charge in [-0.25, -0.2) is 4.98 Å². The predicted molar refractivity (Wildman–Crippen MR) is 166 cm³/mol. The van der Waals surface area contributed by atoms with E-state index < -0.39 is 5.54 Å². The number of benzene rings is 3. The molecule has 0 spiro atoms. The highest BCUT2D eigenvalue weighted by molar-refractivity contribution is 5.97. The lowest BCUT2D eigenvalue weighted by Gasteiger charge is -2.37. The number of pyridine rings is 1. The number of hydrogen-bond acceptors (Lipinski definition) is 3. The van der Waals surface area contributed by atoms with Crippen LogP contribution in [0.25, 0.3) is 23.4 Å². The molecule has 0 bridgehead atoms. The maximum atomic E-state index is 12.2. The lowest BCUT2D eigenvalue weighted by Crippen LogP contribution is -2.36. The monoisotopic (exact) mass is 547 g/mol. The second kappa shape index (κ2) is 10.8. The molecule has 3 aromatic heterocycles. The fraction of sp³-hybridized carbons (Fsp3) is 0.0833. The number of H-pyrrole nitrogens is 1. The average molecular weight is 548 g/mol. The number of amides is 1. The molecule has 0 saturated heterocycles. The topological polar surface area (TPSA) is 75.6 Å². The van der Waals surface area contributed by atoms with Crippen molar-refractivity contribution in [3.63, 3.8) is 0 Å². The first-order chi connectivity index (χ1) is 20.7. The van der Waals surface area contributed by atoms with Gasteiger partial charge in [0.15, 0.2) is 0 Å². The molecule has 0 unspecified atom stereocenters. The van der Waals surface area contributed by atoms with Crippen molar-refractivity contribution in [2.24, 2.45) is 0 Å². The van der Waals surface area contributed by atoms with Crippen LogP contribution >= 0.6 is 0 Å². The van der Waals surface area contributed by atoms with Crippen molar-refractivity contribution >= 4 is 18.1 Å². The number of imidazole rings is 1. The molecule has 204 valence electrons. The van der Waals surface area contributed by atoms with E-state index in [1.807, 2.05) is 54.9 Å². The van der Waals surface area contributed by atoms with E-state index in [-0.39, 0.29) is 5.91 Å². The highest BCUT2D eigenvalue weighted by atomic mass is 16.1. The summed E-state index contributed by atoms with van der Waals surface area (Å²) in [6.45, 7) is 0.656. The predicted octanol–water partition coefficient (Wildman–Crippen LogP) is 6.57. The molecule has 0 atom stereocenters. The smallest absolute Gasteiger partial charge is 0.253 e. The van der Waals surface area contributed by atoms with Crippen LogP contribution in [0.4, 0.5) is 0 Å². The molecule has 1 aliphatic rings. The molecule has 3 aromatic carbocycles. The van der Waals surface area contributed by atoms with E-state index in [1.54, 1.807) is 6.20 Å². The fourth-order valence-corrected chi connectivity index (χ4v) is 5.92. The van der Waals surface area contributed by atoms with Crippen molar-refractivity contribution < 1.29 is 4.79 Å². The van der Waals surface area contributed by atoms with Gasteiger partial charge in [0.2, 0.25) is 0 Å². The summed E-state index contributed by atoms with van der Waals surface area (Å²) in [5.74, 6) is -0.0268. The van der Waals surface area contributed by atoms with Gasteiger partial charge in [0, 0.05) is 42.3 Å². The van der Waals surface area contributed by atoms with Crippen LogP contribution in [0.2, 0.25) is 0 Å². The normalized spacial score (nSPS) is 13.2. The van der Waals surface area contributed by atoms with Crippen molar-refractivity contribution in [1.29, 1.82) is 0 Å². The first-order valence-corrected chi connectivity index (χ1v) is 14.1. The van der Waals surface area contributed by atoms with Crippen molar-refractivity contribution in [2.75, 3.05) is 6.54 Å². The molecule has 6 aromatic rings. The number of nitrogens with one attached hydrogen (secondary N) is 2. The van der Waals surface area contributed by atoms with Gasteiger partial charge < -0.3 is 14.9 Å². The number of rotatable bonds is 7. The Balaban J connectivity index is 1.27. The molecule has 1 amide bonds. The van der Waals surface area contributed by atoms with E-state index >= 15 is 0 Å². The van der Waals surface area contributed by atoms with Gasteiger partial charge in [-0.2, -0.15) is 0 Å². The summed E-state index contributed by atoms with van der Waals surface area (Å²) in [4.78, 5) is 25.0. The van der Waals surface area contributed by atoms with E-state index in [2.05, 4.69) is 98.8 Å². The van der Waals surface area contributed by atoms with Gasteiger partial charge in [0.05, 0.1) is 23.3 Å². The summed E-state index contributed by atoms with van der Waals surface area (Å²) >= 11 is 0. The number of carbonyl (C=O) groups is 1. The summed E-state index contributed by atoms with van der Waals surface area (Å²) in [6.07, 6.45) is 10.6. The molecular formula is C36H29N5O. The Bertz CT molecular complexity index is 1770. The van der Waals surface area contributed by atoms with Crippen LogP contribution in [0.1, 0.15) is 44.1 Å². The highest BCUT2D eigenvalue weighted by Crippen LogP contribution is 2.40. The van der Waals surface area contributed by atoms with Crippen LogP contribution in [0.5, 0.6) is 0 Å². The van der Waals surface area contributed by atoms with E-state index in [4.69, 9.17) is 4.98 Å². The zero-order chi connectivity index (χ0) is 28.4. The lowest BCUT2D eigenvalue weighted by atomic mass is 9.77. The number of aromatic nitrogens is 4. The van der Waals surface area contributed by atoms with E-state index in [1.165, 1.54) is 0 Å². The third-order valence-corrected chi connectivity index (χ3v) is 7.89. The van der Waals surface area contributed by atoms with Gasteiger partial charge in [-0.1, -0.05) is 91.0 Å². The summed E-state index contributed by atoms with van der Waals surface area (Å²) in [7, 11) is 0. The molecule has 7 rings (SSSR count). The molecule has 0 aliphatic carbocycles. The van der Waals surface area contributed by atoms with Gasteiger partial charge in [-0.3, -0.25) is 9.78 Å². The molecule has 6 heteroatoms. The highest BCUT2D eigenvalue weighted by Gasteiger charge is 2.38. The minimum absolute atomic E-state index is 0.0268. The van der Waals surface area contributed by atoms with Crippen molar-refractivity contribution in [3.8, 4) is 11.3 Å². The zero-order valence-corrected chi connectivity index (χ0v) is 22.9. The maximum Gasteiger partial charge on any atom is 0.253 e. The Hall–Kier alpha value is -5.49. The van der Waals surface area contributed by atoms with Gasteiger partial charge in [0.1, 0.15) is 5.54 Å². The lowest BCUT2D eigenvalue weighted by molar-refractivity contribution is 0.0946. The van der Waals surface area contributed by atoms with E-state index in [0.29, 0.717) is 6.54 Å². The molecule has 6 nitrogen and oxygen atoms in total. The molecule has 2 N–H and O–H groups in total. The van der Waals surface area contributed by atoms with E-state index in [9.17, 15) is 4.79 Å². The molecule has 1 aliphatic heterocycles. The zero-order valence-electron chi connectivity index (χ0n) is 22.9. The number of nitrogens with zero attached hydrogens (tertiary/aromatic N) is 3. The summed E-state index contributed by atoms with van der Waals surface area (Å²) < 4.78 is 2.20. The standard InChI is InChI=1S/C36H29N5O/c42-35-32-23-34(40-33(32)19-21-38-35)26-18-20-37-30(22-26)16-17-31-24-41(25-39-31)36(27-10-4-1-5-11-27,28-12-6-2-7-13-28)29-14-8-3-9-15-29/h1-18,20,22-25,40H,19,21H2,(H,38,42)/b17-16-. The first-order valence-electron chi connectivity index (χ1n) is 14.1. The van der Waals surface area contributed by atoms with Crippen LogP contribution in [0.3, 0.4) is 0 Å². The number of hydrogen-bond donors (Lipinski definition) is 2. The minimum atomic E-state index is -0.611. The van der Waals surface area contributed by atoms with Gasteiger partial charge in [-0.15, -0.1) is 0 Å².